The normalized spacial score (nSPS) is 12.2. The highest BCUT2D eigenvalue weighted by Gasteiger charge is 2.27. The molecule has 248 valence electrons. The lowest BCUT2D eigenvalue weighted by atomic mass is 9.85. The van der Waals surface area contributed by atoms with E-state index in [1.165, 1.54) is 70.6 Å². The van der Waals surface area contributed by atoms with Gasteiger partial charge in [0, 0.05) is 25.2 Å². The highest BCUT2D eigenvalue weighted by Crippen LogP contribution is 2.33. The average molecular weight is 636 g/mol. The van der Waals surface area contributed by atoms with Crippen LogP contribution < -0.4 is 9.30 Å². The summed E-state index contributed by atoms with van der Waals surface area (Å²) in [4.78, 5) is 0.313. The molecule has 0 bridgehead atoms. The van der Waals surface area contributed by atoms with Gasteiger partial charge in [0.05, 0.1) is 11.5 Å². The van der Waals surface area contributed by atoms with Crippen molar-refractivity contribution in [1.82, 2.24) is 4.31 Å². The lowest BCUT2D eigenvalue weighted by Gasteiger charge is -2.26. The smallest absolute Gasteiger partial charge is 0.243 e. The Labute approximate surface area is 275 Å². The number of pyridine rings is 1. The number of hydrogen-bond donors (Lipinski definition) is 0. The van der Waals surface area contributed by atoms with Crippen LogP contribution in [0.3, 0.4) is 0 Å². The highest BCUT2D eigenvalue weighted by atomic mass is 32.2. The van der Waals surface area contributed by atoms with Gasteiger partial charge in [-0.3, -0.25) is 0 Å². The van der Waals surface area contributed by atoms with Crippen molar-refractivity contribution >= 4 is 10.0 Å². The van der Waals surface area contributed by atoms with E-state index < -0.39 is 10.0 Å². The minimum atomic E-state index is -3.72. The fourth-order valence-corrected chi connectivity index (χ4v) is 7.06. The molecule has 0 spiro atoms. The fraction of sp³-hybridized carbons (Fsp3) is 0.564. The molecule has 3 aromatic rings. The van der Waals surface area contributed by atoms with Gasteiger partial charge in [-0.25, -0.2) is 13.0 Å². The van der Waals surface area contributed by atoms with Crippen LogP contribution in [0.5, 0.6) is 5.75 Å². The molecule has 0 radical (unpaired) electrons. The van der Waals surface area contributed by atoms with Crippen LogP contribution in [0.25, 0.3) is 0 Å². The Hall–Kier alpha value is -2.70. The van der Waals surface area contributed by atoms with E-state index in [1.54, 1.807) is 16.4 Å². The molecule has 3 rings (SSSR count). The molecule has 0 amide bonds. The van der Waals surface area contributed by atoms with Crippen molar-refractivity contribution in [2.75, 3.05) is 6.61 Å². The van der Waals surface area contributed by atoms with Crippen LogP contribution >= 0.6 is 0 Å². The SMILES string of the molecule is CCCCCCCCCCCCCCOc1ccc(CN(Cc2cc[n+](C)cc2)S(=O)(=O)c2ccc(C)cc2)cc1C(C)(C)C. The van der Waals surface area contributed by atoms with Crippen LogP contribution in [0.2, 0.25) is 0 Å². The van der Waals surface area contributed by atoms with Crippen LogP contribution in [-0.2, 0) is 35.6 Å². The van der Waals surface area contributed by atoms with Crippen LogP contribution in [-0.4, -0.2) is 19.3 Å². The molecular weight excluding hydrogens is 577 g/mol. The fourth-order valence-electron chi connectivity index (χ4n) is 5.64. The topological polar surface area (TPSA) is 50.5 Å². The molecule has 0 saturated carbocycles. The van der Waals surface area contributed by atoms with Crippen molar-refractivity contribution in [3.63, 3.8) is 0 Å². The van der Waals surface area contributed by atoms with Gasteiger partial charge in [0.25, 0.3) is 0 Å². The number of sulfonamides is 1. The first-order valence-electron chi connectivity index (χ1n) is 17.3. The number of nitrogens with zero attached hydrogens (tertiary/aromatic N) is 2. The van der Waals surface area contributed by atoms with E-state index in [1.807, 2.05) is 67.3 Å². The molecule has 0 fully saturated rings. The summed E-state index contributed by atoms with van der Waals surface area (Å²) in [6.45, 7) is 12.1. The Kier molecular flexibility index (Phi) is 15.1. The van der Waals surface area contributed by atoms with E-state index in [0.29, 0.717) is 18.0 Å². The first kappa shape index (κ1) is 36.8. The van der Waals surface area contributed by atoms with E-state index in [4.69, 9.17) is 4.74 Å². The summed E-state index contributed by atoms with van der Waals surface area (Å²) >= 11 is 0. The van der Waals surface area contributed by atoms with Gasteiger partial charge < -0.3 is 4.74 Å². The number of ether oxygens (including phenoxy) is 1. The molecule has 1 heterocycles. The molecule has 0 atom stereocenters. The highest BCUT2D eigenvalue weighted by molar-refractivity contribution is 7.89. The second-order valence-electron chi connectivity index (χ2n) is 13.8. The Bertz CT molecular complexity index is 1380. The third kappa shape index (κ3) is 12.5. The zero-order chi connectivity index (χ0) is 32.7. The predicted molar refractivity (Wildman–Crippen MR) is 187 cm³/mol. The largest absolute Gasteiger partial charge is 0.493 e. The first-order valence-corrected chi connectivity index (χ1v) is 18.7. The summed E-state index contributed by atoms with van der Waals surface area (Å²) in [5, 5.41) is 0. The summed E-state index contributed by atoms with van der Waals surface area (Å²) < 4.78 is 37.7. The zero-order valence-electron chi connectivity index (χ0n) is 29.0. The van der Waals surface area contributed by atoms with Crippen molar-refractivity contribution in [1.29, 1.82) is 0 Å². The van der Waals surface area contributed by atoms with E-state index >= 15 is 0 Å². The quantitative estimate of drug-likeness (QED) is 0.0918. The second kappa shape index (κ2) is 18.4. The molecule has 6 heteroatoms. The number of aryl methyl sites for hydroxylation is 2. The maximum Gasteiger partial charge on any atom is 0.243 e. The zero-order valence-corrected chi connectivity index (χ0v) is 29.8. The van der Waals surface area contributed by atoms with E-state index in [9.17, 15) is 8.42 Å². The van der Waals surface area contributed by atoms with E-state index in [0.717, 1.165) is 34.4 Å². The summed E-state index contributed by atoms with van der Waals surface area (Å²) in [5.74, 6) is 0.901. The molecule has 2 aromatic carbocycles. The summed E-state index contributed by atoms with van der Waals surface area (Å²) in [6, 6.07) is 17.3. The van der Waals surface area contributed by atoms with Gasteiger partial charge in [-0.2, -0.15) is 4.31 Å². The molecule has 0 unspecified atom stereocenters. The molecule has 1 aromatic heterocycles. The number of benzene rings is 2. The first-order chi connectivity index (χ1) is 21.5. The molecule has 0 aliphatic carbocycles. The van der Waals surface area contributed by atoms with Crippen LogP contribution in [0.4, 0.5) is 0 Å². The Morgan fingerprint density at radius 3 is 1.80 bits per heavy atom. The Morgan fingerprint density at radius 2 is 1.24 bits per heavy atom. The number of aromatic nitrogens is 1. The lowest BCUT2D eigenvalue weighted by Crippen LogP contribution is -2.31. The van der Waals surface area contributed by atoms with Crippen molar-refractivity contribution < 1.29 is 17.7 Å². The minimum absolute atomic E-state index is 0.142. The molecular formula is C39H59N2O3S+. The maximum absolute atomic E-state index is 13.9. The molecule has 0 saturated heterocycles. The van der Waals surface area contributed by atoms with Gasteiger partial charge in [0.2, 0.25) is 10.0 Å². The third-order valence-electron chi connectivity index (χ3n) is 8.53. The number of unbranched alkanes of at least 4 members (excludes halogenated alkanes) is 11. The summed E-state index contributed by atoms with van der Waals surface area (Å²) in [7, 11) is -1.76. The molecule has 0 N–H and O–H groups in total. The monoisotopic (exact) mass is 635 g/mol. The Morgan fingerprint density at radius 1 is 0.711 bits per heavy atom. The molecule has 0 aliphatic heterocycles. The van der Waals surface area contributed by atoms with E-state index in [2.05, 4.69) is 33.8 Å². The van der Waals surface area contributed by atoms with Gasteiger partial charge in [-0.05, 0) is 53.6 Å². The van der Waals surface area contributed by atoms with Crippen molar-refractivity contribution in [2.24, 2.45) is 7.05 Å². The van der Waals surface area contributed by atoms with Crippen LogP contribution in [0, 0.1) is 6.92 Å². The average Bonchev–Trinajstić information content (AvgIpc) is 3.00. The molecule has 45 heavy (non-hydrogen) atoms. The van der Waals surface area contributed by atoms with Crippen LogP contribution in [0.15, 0.2) is 71.9 Å². The standard InChI is InChI=1S/C39H59N2O3S/c1-7-8-9-10-11-12-13-14-15-16-17-18-29-44-38-24-21-35(30-37(38)39(3,4)5)32-41(31-34-25-27-40(6)28-26-34)45(42,43)36-22-19-33(2)20-23-36/h19-28,30H,7-18,29,31-32H2,1-6H3/q+1. The van der Waals surface area contributed by atoms with Crippen molar-refractivity contribution in [3.8, 4) is 5.75 Å². The van der Waals surface area contributed by atoms with Gasteiger partial charge in [-0.15, -0.1) is 0 Å². The third-order valence-corrected chi connectivity index (χ3v) is 10.3. The second-order valence-corrected chi connectivity index (χ2v) is 15.7. The van der Waals surface area contributed by atoms with E-state index in [-0.39, 0.29) is 12.0 Å². The summed E-state index contributed by atoms with van der Waals surface area (Å²) in [6.07, 6.45) is 19.8. The summed E-state index contributed by atoms with van der Waals surface area (Å²) in [5.41, 5.74) is 3.90. The van der Waals surface area contributed by atoms with Gasteiger partial charge >= 0.3 is 0 Å². The molecule has 0 aliphatic rings. The number of hydrogen-bond acceptors (Lipinski definition) is 3. The Balaban J connectivity index is 1.62. The van der Waals surface area contributed by atoms with Gasteiger partial charge in [-0.1, -0.05) is 128 Å². The van der Waals surface area contributed by atoms with Crippen molar-refractivity contribution in [3.05, 3.63) is 89.2 Å². The van der Waals surface area contributed by atoms with Gasteiger partial charge in [0.15, 0.2) is 12.4 Å². The minimum Gasteiger partial charge on any atom is -0.493 e. The van der Waals surface area contributed by atoms with Crippen molar-refractivity contribution in [2.45, 2.75) is 135 Å². The van der Waals surface area contributed by atoms with Crippen LogP contribution in [0.1, 0.15) is 127 Å². The number of rotatable bonds is 20. The molecule has 5 nitrogen and oxygen atoms in total. The van der Waals surface area contributed by atoms with Gasteiger partial charge in [0.1, 0.15) is 12.8 Å². The lowest BCUT2D eigenvalue weighted by molar-refractivity contribution is -0.671. The predicted octanol–water partition coefficient (Wildman–Crippen LogP) is 9.59. The maximum atomic E-state index is 13.9.